The van der Waals surface area contributed by atoms with E-state index in [0.29, 0.717) is 35.3 Å². The van der Waals surface area contributed by atoms with Crippen molar-refractivity contribution in [2.45, 2.75) is 25.8 Å². The van der Waals surface area contributed by atoms with Crippen molar-refractivity contribution in [1.29, 1.82) is 0 Å². The number of amides is 1. The Morgan fingerprint density at radius 2 is 2.07 bits per heavy atom. The standard InChI is InChI=1S/C18H17N5O4/c24-15(23-8-7-11-10(9-23)16(18(26)27)22-21-11)6-5-14-17(25)20-13-4-2-1-3-12(13)19-14/h1-4H,5-9H2,(H,20,25)(H,21,22)(H,26,27). The van der Waals surface area contributed by atoms with Gasteiger partial charge in [0.25, 0.3) is 5.56 Å². The second kappa shape index (κ2) is 6.67. The van der Waals surface area contributed by atoms with Crippen molar-refractivity contribution >= 4 is 22.9 Å². The number of aromatic amines is 2. The number of aryl methyl sites for hydroxylation is 1. The van der Waals surface area contributed by atoms with E-state index < -0.39 is 5.97 Å². The summed E-state index contributed by atoms with van der Waals surface area (Å²) in [6.07, 6.45) is 0.875. The fourth-order valence-electron chi connectivity index (χ4n) is 3.31. The molecule has 0 spiro atoms. The Kier molecular flexibility index (Phi) is 4.19. The Morgan fingerprint density at radius 1 is 1.26 bits per heavy atom. The molecule has 0 atom stereocenters. The van der Waals surface area contributed by atoms with Crippen LogP contribution in [0, 0.1) is 0 Å². The average Bonchev–Trinajstić information content (AvgIpc) is 3.09. The normalized spacial score (nSPS) is 13.6. The molecule has 4 rings (SSSR count). The molecule has 9 heteroatoms. The first-order valence-corrected chi connectivity index (χ1v) is 8.58. The minimum Gasteiger partial charge on any atom is -0.476 e. The van der Waals surface area contributed by atoms with Gasteiger partial charge < -0.3 is 15.0 Å². The molecule has 3 aromatic rings. The van der Waals surface area contributed by atoms with Gasteiger partial charge in [-0.15, -0.1) is 0 Å². The second-order valence-electron chi connectivity index (χ2n) is 6.43. The fraction of sp³-hybridized carbons (Fsp3) is 0.278. The maximum Gasteiger partial charge on any atom is 0.356 e. The van der Waals surface area contributed by atoms with Crippen molar-refractivity contribution < 1.29 is 14.7 Å². The highest BCUT2D eigenvalue weighted by Gasteiger charge is 2.27. The van der Waals surface area contributed by atoms with E-state index in [1.165, 1.54) is 0 Å². The van der Waals surface area contributed by atoms with Crippen LogP contribution in [0.3, 0.4) is 0 Å². The van der Waals surface area contributed by atoms with E-state index in [1.807, 2.05) is 12.1 Å². The highest BCUT2D eigenvalue weighted by atomic mass is 16.4. The number of nitrogens with one attached hydrogen (secondary N) is 2. The zero-order valence-electron chi connectivity index (χ0n) is 14.4. The summed E-state index contributed by atoms with van der Waals surface area (Å²) in [6.45, 7) is 0.683. The number of aromatic nitrogens is 4. The van der Waals surface area contributed by atoms with Crippen molar-refractivity contribution in [2.75, 3.05) is 6.54 Å². The number of benzene rings is 1. The third kappa shape index (κ3) is 3.19. The lowest BCUT2D eigenvalue weighted by Crippen LogP contribution is -2.36. The lowest BCUT2D eigenvalue weighted by molar-refractivity contribution is -0.132. The number of aromatic carboxylic acids is 1. The van der Waals surface area contributed by atoms with Crippen LogP contribution in [0.1, 0.15) is 33.9 Å². The van der Waals surface area contributed by atoms with Crippen LogP contribution < -0.4 is 5.56 Å². The van der Waals surface area contributed by atoms with Crippen LogP contribution in [-0.4, -0.2) is 48.6 Å². The molecule has 0 saturated heterocycles. The number of fused-ring (bicyclic) bond motifs is 2. The molecule has 138 valence electrons. The molecule has 9 nitrogen and oxygen atoms in total. The molecular weight excluding hydrogens is 350 g/mol. The predicted octanol–water partition coefficient (Wildman–Crippen LogP) is 0.862. The topological polar surface area (TPSA) is 132 Å². The van der Waals surface area contributed by atoms with Crippen LogP contribution in [0.4, 0.5) is 0 Å². The van der Waals surface area contributed by atoms with Gasteiger partial charge in [0, 0.05) is 43.6 Å². The third-order valence-corrected chi connectivity index (χ3v) is 4.73. The predicted molar refractivity (Wildman–Crippen MR) is 95.4 cm³/mol. The SMILES string of the molecule is O=C(O)c1n[nH]c2c1CN(C(=O)CCc1nc3ccccc3[nH]c1=O)CC2. The molecule has 0 radical (unpaired) electrons. The Labute approximate surface area is 153 Å². The summed E-state index contributed by atoms with van der Waals surface area (Å²) in [6, 6.07) is 7.22. The average molecular weight is 367 g/mol. The van der Waals surface area contributed by atoms with Gasteiger partial charge >= 0.3 is 5.97 Å². The quantitative estimate of drug-likeness (QED) is 0.627. The summed E-state index contributed by atoms with van der Waals surface area (Å²) in [5.74, 6) is -1.26. The van der Waals surface area contributed by atoms with E-state index in [-0.39, 0.29) is 36.5 Å². The van der Waals surface area contributed by atoms with Crippen molar-refractivity contribution in [1.82, 2.24) is 25.1 Å². The molecule has 1 amide bonds. The number of carbonyl (C=O) groups excluding carboxylic acids is 1. The van der Waals surface area contributed by atoms with Crippen molar-refractivity contribution in [3.8, 4) is 0 Å². The van der Waals surface area contributed by atoms with E-state index in [2.05, 4.69) is 20.2 Å². The van der Waals surface area contributed by atoms with Gasteiger partial charge in [-0.2, -0.15) is 5.10 Å². The first-order valence-electron chi connectivity index (χ1n) is 8.58. The van der Waals surface area contributed by atoms with Crippen LogP contribution >= 0.6 is 0 Å². The summed E-state index contributed by atoms with van der Waals surface area (Å²) in [7, 11) is 0. The highest BCUT2D eigenvalue weighted by Crippen LogP contribution is 2.21. The van der Waals surface area contributed by atoms with E-state index in [9.17, 15) is 19.5 Å². The minimum atomic E-state index is -1.12. The number of nitrogens with zero attached hydrogens (tertiary/aromatic N) is 3. The monoisotopic (exact) mass is 367 g/mol. The molecule has 1 aromatic carbocycles. The summed E-state index contributed by atoms with van der Waals surface area (Å²) >= 11 is 0. The Bertz CT molecular complexity index is 1100. The Morgan fingerprint density at radius 3 is 2.89 bits per heavy atom. The number of carboxylic acids is 1. The van der Waals surface area contributed by atoms with Gasteiger partial charge in [-0.1, -0.05) is 12.1 Å². The molecule has 27 heavy (non-hydrogen) atoms. The van der Waals surface area contributed by atoms with Gasteiger partial charge in [-0.25, -0.2) is 9.78 Å². The molecule has 0 saturated carbocycles. The third-order valence-electron chi connectivity index (χ3n) is 4.73. The maximum absolute atomic E-state index is 12.6. The highest BCUT2D eigenvalue weighted by molar-refractivity contribution is 5.88. The van der Waals surface area contributed by atoms with Crippen LogP contribution in [-0.2, 0) is 24.2 Å². The lowest BCUT2D eigenvalue weighted by atomic mass is 10.0. The molecule has 1 aliphatic rings. The first kappa shape index (κ1) is 17.0. The van der Waals surface area contributed by atoms with Crippen LogP contribution in [0.25, 0.3) is 11.0 Å². The fourth-order valence-corrected chi connectivity index (χ4v) is 3.31. The molecule has 0 fully saturated rings. The Hall–Kier alpha value is -3.49. The van der Waals surface area contributed by atoms with Crippen molar-refractivity contribution in [3.63, 3.8) is 0 Å². The molecule has 2 aromatic heterocycles. The molecule has 3 heterocycles. The zero-order chi connectivity index (χ0) is 19.0. The van der Waals surface area contributed by atoms with Crippen molar-refractivity contribution in [3.05, 3.63) is 57.3 Å². The van der Waals surface area contributed by atoms with E-state index in [0.717, 1.165) is 5.69 Å². The summed E-state index contributed by atoms with van der Waals surface area (Å²) in [4.78, 5) is 44.7. The molecular formula is C18H17N5O4. The number of carbonyl (C=O) groups is 2. The zero-order valence-corrected chi connectivity index (χ0v) is 14.4. The molecule has 0 aliphatic carbocycles. The van der Waals surface area contributed by atoms with Gasteiger partial charge in [-0.05, 0) is 12.1 Å². The van der Waals surface area contributed by atoms with Gasteiger partial charge in [-0.3, -0.25) is 14.7 Å². The number of para-hydroxylation sites is 2. The van der Waals surface area contributed by atoms with Gasteiger partial charge in [0.05, 0.1) is 11.0 Å². The number of hydrogen-bond donors (Lipinski definition) is 3. The van der Waals surface area contributed by atoms with Gasteiger partial charge in [0.15, 0.2) is 5.69 Å². The number of carboxylic acid groups (broad SMARTS) is 1. The summed E-state index contributed by atoms with van der Waals surface area (Å²) in [5, 5.41) is 15.7. The number of H-pyrrole nitrogens is 2. The van der Waals surface area contributed by atoms with Crippen LogP contribution in [0.15, 0.2) is 29.1 Å². The maximum atomic E-state index is 12.6. The largest absolute Gasteiger partial charge is 0.476 e. The van der Waals surface area contributed by atoms with Crippen molar-refractivity contribution in [2.24, 2.45) is 0 Å². The van der Waals surface area contributed by atoms with E-state index in [1.54, 1.807) is 17.0 Å². The minimum absolute atomic E-state index is 0.0462. The summed E-state index contributed by atoms with van der Waals surface area (Å²) < 4.78 is 0. The first-order chi connectivity index (χ1) is 13.0. The molecule has 0 unspecified atom stereocenters. The van der Waals surface area contributed by atoms with E-state index in [4.69, 9.17) is 0 Å². The smallest absolute Gasteiger partial charge is 0.356 e. The summed E-state index contributed by atoms with van der Waals surface area (Å²) in [5.41, 5.74) is 2.59. The second-order valence-corrected chi connectivity index (χ2v) is 6.43. The van der Waals surface area contributed by atoms with Crippen LogP contribution in [0.5, 0.6) is 0 Å². The number of hydrogen-bond acceptors (Lipinski definition) is 5. The molecule has 1 aliphatic heterocycles. The van der Waals surface area contributed by atoms with Gasteiger partial charge in [0.2, 0.25) is 5.91 Å². The molecule has 3 N–H and O–H groups in total. The van der Waals surface area contributed by atoms with E-state index >= 15 is 0 Å². The number of rotatable bonds is 4. The molecule has 0 bridgehead atoms. The van der Waals surface area contributed by atoms with Gasteiger partial charge in [0.1, 0.15) is 5.69 Å². The lowest BCUT2D eigenvalue weighted by Gasteiger charge is -2.27. The Balaban J connectivity index is 1.47. The van der Waals surface area contributed by atoms with Crippen LogP contribution in [0.2, 0.25) is 0 Å².